The minimum atomic E-state index is -0.296. The summed E-state index contributed by atoms with van der Waals surface area (Å²) in [6.45, 7) is 2.22. The van der Waals surface area contributed by atoms with Crippen molar-refractivity contribution in [3.63, 3.8) is 0 Å². The maximum atomic E-state index is 13.7. The summed E-state index contributed by atoms with van der Waals surface area (Å²) >= 11 is 1.29. The first-order chi connectivity index (χ1) is 8.65. The van der Waals surface area contributed by atoms with E-state index in [9.17, 15) is 9.18 Å². The van der Waals surface area contributed by atoms with Crippen molar-refractivity contribution in [2.75, 3.05) is 13.2 Å². The van der Waals surface area contributed by atoms with Crippen LogP contribution in [0.2, 0.25) is 0 Å². The number of thiophene rings is 1. The van der Waals surface area contributed by atoms with Crippen LogP contribution in [0.25, 0.3) is 10.1 Å². The van der Waals surface area contributed by atoms with Gasteiger partial charge in [-0.2, -0.15) is 0 Å². The van der Waals surface area contributed by atoms with E-state index in [0.717, 1.165) is 4.70 Å². The highest BCUT2D eigenvalue weighted by molar-refractivity contribution is 7.21. The number of fused-ring (bicyclic) bond motifs is 1. The van der Waals surface area contributed by atoms with Gasteiger partial charge in [-0.1, -0.05) is 6.07 Å². The number of hydrogen-bond acceptors (Lipinski definition) is 3. The van der Waals surface area contributed by atoms with Crippen LogP contribution in [0, 0.1) is 12.7 Å². The summed E-state index contributed by atoms with van der Waals surface area (Å²) < 4.78 is 14.4. The third kappa shape index (κ3) is 2.37. The molecule has 2 rings (SSSR count). The molecule has 0 aliphatic heterocycles. The molecule has 1 aromatic carbocycles. The van der Waals surface area contributed by atoms with Crippen LogP contribution in [0.5, 0.6) is 0 Å². The van der Waals surface area contributed by atoms with E-state index in [4.69, 9.17) is 5.11 Å². The first-order valence-corrected chi connectivity index (χ1v) is 6.53. The molecular formula is C13H14FNO2S. The van der Waals surface area contributed by atoms with Crippen molar-refractivity contribution in [1.29, 1.82) is 0 Å². The smallest absolute Gasteiger partial charge is 0.261 e. The van der Waals surface area contributed by atoms with Crippen LogP contribution in [0.1, 0.15) is 21.7 Å². The lowest BCUT2D eigenvalue weighted by atomic mass is 10.1. The van der Waals surface area contributed by atoms with Gasteiger partial charge in [-0.15, -0.1) is 11.3 Å². The molecule has 0 atom stereocenters. The lowest BCUT2D eigenvalue weighted by Crippen LogP contribution is -2.24. The van der Waals surface area contributed by atoms with Crippen molar-refractivity contribution < 1.29 is 14.3 Å². The largest absolute Gasteiger partial charge is 0.396 e. The summed E-state index contributed by atoms with van der Waals surface area (Å²) in [5.41, 5.74) is 0.676. The molecule has 0 aliphatic rings. The molecule has 0 saturated heterocycles. The van der Waals surface area contributed by atoms with Gasteiger partial charge in [-0.05, 0) is 31.0 Å². The first-order valence-electron chi connectivity index (χ1n) is 5.72. The van der Waals surface area contributed by atoms with Gasteiger partial charge in [-0.3, -0.25) is 4.79 Å². The second-order valence-electron chi connectivity index (χ2n) is 4.00. The molecular weight excluding hydrogens is 253 g/mol. The van der Waals surface area contributed by atoms with Gasteiger partial charge in [0.1, 0.15) is 5.82 Å². The van der Waals surface area contributed by atoms with Gasteiger partial charge in [0.2, 0.25) is 0 Å². The van der Waals surface area contributed by atoms with E-state index in [1.165, 1.54) is 17.4 Å². The highest BCUT2D eigenvalue weighted by Crippen LogP contribution is 2.32. The third-order valence-electron chi connectivity index (χ3n) is 2.73. The molecule has 1 aromatic heterocycles. The van der Waals surface area contributed by atoms with Crippen molar-refractivity contribution >= 4 is 27.3 Å². The number of aliphatic hydroxyl groups excluding tert-OH is 1. The van der Waals surface area contributed by atoms with Gasteiger partial charge in [0, 0.05) is 23.2 Å². The Morgan fingerprint density at radius 2 is 2.28 bits per heavy atom. The third-order valence-corrected chi connectivity index (χ3v) is 3.99. The summed E-state index contributed by atoms with van der Waals surface area (Å²) in [6.07, 6.45) is 0.518. The lowest BCUT2D eigenvalue weighted by Gasteiger charge is -2.02. The quantitative estimate of drug-likeness (QED) is 0.836. The van der Waals surface area contributed by atoms with Gasteiger partial charge < -0.3 is 10.4 Å². The van der Waals surface area contributed by atoms with E-state index in [0.29, 0.717) is 28.8 Å². The maximum absolute atomic E-state index is 13.7. The molecule has 5 heteroatoms. The minimum Gasteiger partial charge on any atom is -0.396 e. The number of nitrogens with one attached hydrogen (secondary N) is 1. The molecule has 1 heterocycles. The molecule has 0 aliphatic carbocycles. The summed E-state index contributed by atoms with van der Waals surface area (Å²) in [6, 6.07) is 4.84. The van der Waals surface area contributed by atoms with Crippen LogP contribution >= 0.6 is 11.3 Å². The first kappa shape index (κ1) is 13.0. The Bertz CT molecular complexity index is 580. The molecule has 0 fully saturated rings. The highest BCUT2D eigenvalue weighted by Gasteiger charge is 2.17. The van der Waals surface area contributed by atoms with Gasteiger partial charge in [0.15, 0.2) is 0 Å². The van der Waals surface area contributed by atoms with E-state index in [1.807, 2.05) is 0 Å². The number of benzene rings is 1. The SMILES string of the molecule is Cc1c(C(=O)NCCCO)sc2cccc(F)c12. The minimum absolute atomic E-state index is 0.0420. The fraction of sp³-hybridized carbons (Fsp3) is 0.308. The number of rotatable bonds is 4. The van der Waals surface area contributed by atoms with E-state index in [2.05, 4.69) is 5.32 Å². The molecule has 18 heavy (non-hydrogen) atoms. The number of halogens is 1. The van der Waals surface area contributed by atoms with Crippen LogP contribution < -0.4 is 5.32 Å². The zero-order chi connectivity index (χ0) is 13.1. The fourth-order valence-corrected chi connectivity index (χ4v) is 2.97. The summed E-state index contributed by atoms with van der Waals surface area (Å²) in [5.74, 6) is -0.503. The maximum Gasteiger partial charge on any atom is 0.261 e. The van der Waals surface area contributed by atoms with E-state index >= 15 is 0 Å². The molecule has 3 nitrogen and oxygen atoms in total. The summed E-state index contributed by atoms with van der Waals surface area (Å²) in [5, 5.41) is 11.9. The number of hydrogen-bond donors (Lipinski definition) is 2. The Morgan fingerprint density at radius 1 is 1.50 bits per heavy atom. The highest BCUT2D eigenvalue weighted by atomic mass is 32.1. The molecule has 0 bridgehead atoms. The Labute approximate surface area is 108 Å². The van der Waals surface area contributed by atoms with Gasteiger partial charge >= 0.3 is 0 Å². The molecule has 2 N–H and O–H groups in total. The van der Waals surface area contributed by atoms with Crippen LogP contribution in [-0.4, -0.2) is 24.2 Å². The predicted octanol–water partition coefficient (Wildman–Crippen LogP) is 2.46. The van der Waals surface area contributed by atoms with Crippen LogP contribution in [0.4, 0.5) is 4.39 Å². The fourth-order valence-electron chi connectivity index (χ4n) is 1.83. The topological polar surface area (TPSA) is 49.3 Å². The Kier molecular flexibility index (Phi) is 3.93. The number of carbonyl (C=O) groups is 1. The van der Waals surface area contributed by atoms with Crippen molar-refractivity contribution in [3.05, 3.63) is 34.5 Å². The summed E-state index contributed by atoms with van der Waals surface area (Å²) in [7, 11) is 0. The Hall–Kier alpha value is -1.46. The van der Waals surface area contributed by atoms with Gasteiger partial charge in [0.05, 0.1) is 4.88 Å². The monoisotopic (exact) mass is 267 g/mol. The normalized spacial score (nSPS) is 10.8. The standard InChI is InChI=1S/C13H14FNO2S/c1-8-11-9(14)4-2-5-10(11)18-12(8)13(17)15-6-3-7-16/h2,4-5,16H,3,6-7H2,1H3,(H,15,17). The zero-order valence-corrected chi connectivity index (χ0v) is 10.8. The van der Waals surface area contributed by atoms with Crippen molar-refractivity contribution in [2.24, 2.45) is 0 Å². The Balaban J connectivity index is 2.31. The molecule has 1 amide bonds. The predicted molar refractivity (Wildman–Crippen MR) is 70.6 cm³/mol. The lowest BCUT2D eigenvalue weighted by molar-refractivity contribution is 0.0955. The molecule has 2 aromatic rings. The molecule has 0 spiro atoms. The van der Waals surface area contributed by atoms with Gasteiger partial charge in [0.25, 0.3) is 5.91 Å². The number of aryl methyl sites for hydroxylation is 1. The van der Waals surface area contributed by atoms with Gasteiger partial charge in [-0.25, -0.2) is 4.39 Å². The Morgan fingerprint density at radius 3 is 2.94 bits per heavy atom. The van der Waals surface area contributed by atoms with Crippen molar-refractivity contribution in [1.82, 2.24) is 5.32 Å². The number of carbonyl (C=O) groups excluding carboxylic acids is 1. The van der Waals surface area contributed by atoms with Crippen LogP contribution in [0.3, 0.4) is 0 Å². The van der Waals surface area contributed by atoms with E-state index < -0.39 is 0 Å². The summed E-state index contributed by atoms with van der Waals surface area (Å²) in [4.78, 5) is 12.5. The average Bonchev–Trinajstić information content (AvgIpc) is 2.68. The van der Waals surface area contributed by atoms with E-state index in [-0.39, 0.29) is 18.3 Å². The second-order valence-corrected chi connectivity index (χ2v) is 5.05. The van der Waals surface area contributed by atoms with Crippen molar-refractivity contribution in [3.8, 4) is 0 Å². The number of aliphatic hydroxyl groups is 1. The molecule has 96 valence electrons. The second kappa shape index (κ2) is 5.46. The van der Waals surface area contributed by atoms with Crippen LogP contribution in [-0.2, 0) is 0 Å². The average molecular weight is 267 g/mol. The molecule has 0 radical (unpaired) electrons. The number of amides is 1. The molecule has 0 saturated carbocycles. The van der Waals surface area contributed by atoms with Crippen molar-refractivity contribution in [2.45, 2.75) is 13.3 Å². The molecule has 0 unspecified atom stereocenters. The zero-order valence-electron chi connectivity index (χ0n) is 10.00. The van der Waals surface area contributed by atoms with E-state index in [1.54, 1.807) is 19.1 Å². The van der Waals surface area contributed by atoms with Crippen LogP contribution in [0.15, 0.2) is 18.2 Å².